The van der Waals surface area contributed by atoms with Crippen LogP contribution in [0.1, 0.15) is 290 Å². The van der Waals surface area contributed by atoms with Crippen LogP contribution in [0, 0.1) is 0 Å². The number of quaternary nitrogens is 1. The number of allylic oxidation sites excluding steroid dienone is 5. The molecule has 0 aromatic carbocycles. The molecule has 0 aromatic heterocycles. The third-order valence-electron chi connectivity index (χ3n) is 13.6. The van der Waals surface area contributed by atoms with Crippen molar-refractivity contribution in [3.05, 3.63) is 36.5 Å². The second kappa shape index (κ2) is 51.7. The Labute approximate surface area is 440 Å². The van der Waals surface area contributed by atoms with Crippen molar-refractivity contribution in [1.82, 2.24) is 5.32 Å². The highest BCUT2D eigenvalue weighted by Crippen LogP contribution is 2.43. The maximum Gasteiger partial charge on any atom is 0.472 e. The van der Waals surface area contributed by atoms with Crippen LogP contribution >= 0.6 is 7.82 Å². The van der Waals surface area contributed by atoms with E-state index >= 15 is 0 Å². The molecule has 0 heterocycles. The average Bonchev–Trinajstić information content (AvgIpc) is 3.33. The minimum atomic E-state index is -4.44. The number of phosphoric acid groups is 1. The normalized spacial score (nSPS) is 14.0. The lowest BCUT2D eigenvalue weighted by Crippen LogP contribution is -2.47. The van der Waals surface area contributed by atoms with Crippen LogP contribution < -0.4 is 5.32 Å². The standard InChI is InChI=1S/C61H117N2O7P/c1-7-10-13-16-19-22-25-26-27-28-29-30-31-32-33-34-35-36-39-41-44-47-50-53-60(64)62-58(57-69-71(66,67)68-56-55-63(4,5)6)59(52-49-46-43-40-37-23-20-17-14-11-8-2)70-61(65)54-51-48-45-42-38-24-21-18-15-12-9-3/h19,22,26-27,49,52,58-59H,7-18,20-21,23-25,28-48,50-51,53-57H2,1-6H3,(H-,62,64,66,67)/p+1/b22-19-,27-26-,52-49-. The van der Waals surface area contributed by atoms with E-state index in [1.165, 1.54) is 193 Å². The first-order valence-corrected chi connectivity index (χ1v) is 31.8. The number of unbranched alkanes of at least 4 members (excludes halogenated alkanes) is 35. The fourth-order valence-electron chi connectivity index (χ4n) is 8.85. The number of carbonyl (C=O) groups is 2. The molecule has 0 saturated carbocycles. The van der Waals surface area contributed by atoms with Gasteiger partial charge in [0.15, 0.2) is 0 Å². The summed E-state index contributed by atoms with van der Waals surface area (Å²) in [6.45, 7) is 7.00. The summed E-state index contributed by atoms with van der Waals surface area (Å²) in [6, 6.07) is -0.842. The van der Waals surface area contributed by atoms with Gasteiger partial charge < -0.3 is 19.4 Å². The third-order valence-corrected chi connectivity index (χ3v) is 14.6. The zero-order valence-electron chi connectivity index (χ0n) is 47.7. The first kappa shape index (κ1) is 69.2. The monoisotopic (exact) mass is 1020 g/mol. The van der Waals surface area contributed by atoms with Crippen molar-refractivity contribution in [2.75, 3.05) is 40.9 Å². The third kappa shape index (κ3) is 52.9. The molecular formula is C61H118N2O7P+. The smallest absolute Gasteiger partial charge is 0.456 e. The second-order valence-corrected chi connectivity index (χ2v) is 23.3. The Balaban J connectivity index is 5.08. The van der Waals surface area contributed by atoms with Crippen LogP contribution in [0.3, 0.4) is 0 Å². The summed E-state index contributed by atoms with van der Waals surface area (Å²) in [4.78, 5) is 37.6. The van der Waals surface area contributed by atoms with Gasteiger partial charge in [-0.25, -0.2) is 4.57 Å². The predicted octanol–water partition coefficient (Wildman–Crippen LogP) is 18.3. The van der Waals surface area contributed by atoms with E-state index in [9.17, 15) is 19.0 Å². The lowest BCUT2D eigenvalue weighted by molar-refractivity contribution is -0.870. The summed E-state index contributed by atoms with van der Waals surface area (Å²) in [5.41, 5.74) is 0. The van der Waals surface area contributed by atoms with Crippen molar-refractivity contribution in [2.45, 2.75) is 303 Å². The van der Waals surface area contributed by atoms with E-state index in [2.05, 4.69) is 50.4 Å². The number of carbonyl (C=O) groups excluding carboxylic acids is 2. The average molecular weight is 1020 g/mol. The molecular weight excluding hydrogens is 904 g/mol. The molecule has 0 spiro atoms. The van der Waals surface area contributed by atoms with Gasteiger partial charge in [-0.2, -0.15) is 0 Å². The molecule has 9 nitrogen and oxygen atoms in total. The Morgan fingerprint density at radius 2 is 0.859 bits per heavy atom. The number of nitrogens with zero attached hydrogens (tertiary/aromatic N) is 1. The fourth-order valence-corrected chi connectivity index (χ4v) is 9.59. The van der Waals surface area contributed by atoms with Gasteiger partial charge in [-0.05, 0) is 63.9 Å². The fraction of sp³-hybridized carbons (Fsp3) is 0.869. The van der Waals surface area contributed by atoms with Crippen molar-refractivity contribution in [3.63, 3.8) is 0 Å². The lowest BCUT2D eigenvalue weighted by Gasteiger charge is -2.27. The minimum Gasteiger partial charge on any atom is -0.456 e. The van der Waals surface area contributed by atoms with Crippen molar-refractivity contribution in [3.8, 4) is 0 Å². The summed E-state index contributed by atoms with van der Waals surface area (Å²) in [6.07, 6.45) is 61.4. The molecule has 0 fully saturated rings. The summed E-state index contributed by atoms with van der Waals surface area (Å²) in [5.74, 6) is -0.497. The molecule has 3 atom stereocenters. The molecule has 0 saturated heterocycles. The highest BCUT2D eigenvalue weighted by Gasteiger charge is 2.30. The molecule has 0 radical (unpaired) electrons. The van der Waals surface area contributed by atoms with E-state index in [1.807, 2.05) is 33.3 Å². The number of nitrogens with one attached hydrogen (secondary N) is 1. The van der Waals surface area contributed by atoms with Crippen LogP contribution in [0.4, 0.5) is 0 Å². The summed E-state index contributed by atoms with van der Waals surface area (Å²) >= 11 is 0. The first-order chi connectivity index (χ1) is 34.4. The van der Waals surface area contributed by atoms with Gasteiger partial charge in [0.25, 0.3) is 0 Å². The number of hydrogen-bond acceptors (Lipinski definition) is 6. The van der Waals surface area contributed by atoms with E-state index in [0.29, 0.717) is 23.9 Å². The molecule has 0 aliphatic rings. The van der Waals surface area contributed by atoms with Crippen LogP contribution in [0.15, 0.2) is 36.5 Å². The Morgan fingerprint density at radius 1 is 0.493 bits per heavy atom. The Morgan fingerprint density at radius 3 is 1.30 bits per heavy atom. The van der Waals surface area contributed by atoms with Gasteiger partial charge in [0.1, 0.15) is 19.3 Å². The first-order valence-electron chi connectivity index (χ1n) is 30.3. The van der Waals surface area contributed by atoms with Crippen LogP contribution in [0.2, 0.25) is 0 Å². The maximum atomic E-state index is 13.5. The van der Waals surface area contributed by atoms with Crippen molar-refractivity contribution in [2.24, 2.45) is 0 Å². The van der Waals surface area contributed by atoms with E-state index in [-0.39, 0.29) is 25.1 Å². The Bertz CT molecular complexity index is 1310. The van der Waals surface area contributed by atoms with E-state index in [0.717, 1.165) is 64.2 Å². The molecule has 0 bridgehead atoms. The second-order valence-electron chi connectivity index (χ2n) is 21.9. The van der Waals surface area contributed by atoms with Gasteiger partial charge in [-0.1, -0.05) is 250 Å². The van der Waals surface area contributed by atoms with Crippen LogP contribution in [-0.4, -0.2) is 74.3 Å². The van der Waals surface area contributed by atoms with Gasteiger partial charge in [-0.15, -0.1) is 0 Å². The summed E-state index contributed by atoms with van der Waals surface area (Å²) < 4.78 is 30.6. The molecule has 10 heteroatoms. The molecule has 71 heavy (non-hydrogen) atoms. The number of hydrogen-bond donors (Lipinski definition) is 2. The molecule has 0 aliphatic carbocycles. The zero-order valence-corrected chi connectivity index (χ0v) is 48.6. The molecule has 0 aromatic rings. The largest absolute Gasteiger partial charge is 0.472 e. The van der Waals surface area contributed by atoms with Crippen LogP contribution in [0.25, 0.3) is 0 Å². The van der Waals surface area contributed by atoms with Gasteiger partial charge in [-0.3, -0.25) is 18.6 Å². The van der Waals surface area contributed by atoms with Gasteiger partial charge in [0, 0.05) is 12.8 Å². The van der Waals surface area contributed by atoms with E-state index in [4.69, 9.17) is 13.8 Å². The molecule has 1 amide bonds. The highest BCUT2D eigenvalue weighted by atomic mass is 31.2. The van der Waals surface area contributed by atoms with E-state index in [1.54, 1.807) is 0 Å². The van der Waals surface area contributed by atoms with E-state index < -0.39 is 20.0 Å². The number of amides is 1. The molecule has 0 aliphatic heterocycles. The zero-order chi connectivity index (χ0) is 52.2. The van der Waals surface area contributed by atoms with Crippen molar-refractivity contribution >= 4 is 19.7 Å². The topological polar surface area (TPSA) is 111 Å². The summed E-state index contributed by atoms with van der Waals surface area (Å²) in [7, 11) is 1.51. The number of likely N-dealkylation sites (N-methyl/N-ethyl adjacent to an activating group) is 1. The Kier molecular flexibility index (Phi) is 50.4. The van der Waals surface area contributed by atoms with Crippen LogP contribution in [0.5, 0.6) is 0 Å². The lowest BCUT2D eigenvalue weighted by atomic mass is 10.0. The van der Waals surface area contributed by atoms with Gasteiger partial charge in [0.05, 0.1) is 33.8 Å². The number of rotatable bonds is 55. The van der Waals surface area contributed by atoms with Crippen molar-refractivity contribution < 1.29 is 37.3 Å². The SMILES string of the molecule is CCCCC/C=C\C/C=C\CCCCCCCCCCCCCCCC(=O)NC(COP(=O)(O)OCC[N+](C)(C)C)C(/C=C\CCCCCCCCCCC)OC(=O)CCCCCCCCCCCCC. The maximum absolute atomic E-state index is 13.5. The van der Waals surface area contributed by atoms with Crippen LogP contribution in [-0.2, 0) is 27.9 Å². The molecule has 418 valence electrons. The number of ether oxygens (including phenoxy) is 1. The number of esters is 1. The quantitative estimate of drug-likeness (QED) is 0.0205. The molecule has 2 N–H and O–H groups in total. The predicted molar refractivity (Wildman–Crippen MR) is 305 cm³/mol. The van der Waals surface area contributed by atoms with Gasteiger partial charge >= 0.3 is 13.8 Å². The minimum absolute atomic E-state index is 0.0425. The summed E-state index contributed by atoms with van der Waals surface area (Å²) in [5, 5.41) is 3.05. The van der Waals surface area contributed by atoms with Crippen molar-refractivity contribution in [1.29, 1.82) is 0 Å². The highest BCUT2D eigenvalue weighted by molar-refractivity contribution is 7.47. The number of phosphoric ester groups is 1. The molecule has 3 unspecified atom stereocenters. The molecule has 0 rings (SSSR count). The Hall–Kier alpha value is -1.77. The van der Waals surface area contributed by atoms with Gasteiger partial charge in [0.2, 0.25) is 5.91 Å².